The van der Waals surface area contributed by atoms with Gasteiger partial charge in [0, 0.05) is 24.0 Å². The number of aliphatic carboxylic acids is 1. The second kappa shape index (κ2) is 8.63. The van der Waals surface area contributed by atoms with Gasteiger partial charge in [0.25, 0.3) is 0 Å². The molecule has 2 aromatic carbocycles. The molecule has 0 radical (unpaired) electrons. The zero-order valence-corrected chi connectivity index (χ0v) is 18.4. The van der Waals surface area contributed by atoms with Crippen molar-refractivity contribution >= 4 is 5.97 Å². The maximum atomic E-state index is 11.0. The van der Waals surface area contributed by atoms with E-state index in [1.807, 2.05) is 18.3 Å². The lowest BCUT2D eigenvalue weighted by Crippen LogP contribution is -2.40. The molecule has 162 valence electrons. The van der Waals surface area contributed by atoms with Crippen molar-refractivity contribution in [3.8, 4) is 16.9 Å². The van der Waals surface area contributed by atoms with E-state index < -0.39 is 5.97 Å². The Hall–Kier alpha value is -2.99. The largest absolute Gasteiger partial charge is 0.550 e. The van der Waals surface area contributed by atoms with Gasteiger partial charge in [-0.05, 0) is 54.6 Å². The van der Waals surface area contributed by atoms with Crippen molar-refractivity contribution in [1.82, 2.24) is 19.9 Å². The highest BCUT2D eigenvalue weighted by molar-refractivity contribution is 5.67. The van der Waals surface area contributed by atoms with Crippen LogP contribution in [-0.2, 0) is 16.8 Å². The number of carbonyl (C=O) groups is 1. The molecule has 3 aromatic rings. The number of carboxylic acid groups (broad SMARTS) is 1. The third-order valence-corrected chi connectivity index (χ3v) is 6.07. The number of nitrogens with zero attached hydrogens (tertiary/aromatic N) is 4. The number of carboxylic acids is 1. The molecule has 0 bridgehead atoms. The number of carbonyl (C=O) groups excluding carboxylic acids is 1. The maximum absolute atomic E-state index is 11.0. The minimum absolute atomic E-state index is 0.126. The number of hydrogen-bond acceptors (Lipinski definition) is 5. The molecule has 0 saturated carbocycles. The summed E-state index contributed by atoms with van der Waals surface area (Å²) >= 11 is 0. The Labute approximate surface area is 183 Å². The van der Waals surface area contributed by atoms with Crippen LogP contribution in [-0.4, -0.2) is 39.0 Å². The molecular formula is C25H29N4O2-. The summed E-state index contributed by atoms with van der Waals surface area (Å²) in [6.07, 6.45) is 3.28. The normalized spacial score (nSPS) is 15.8. The molecule has 2 heterocycles. The smallest absolute Gasteiger partial charge is 0.113 e. The molecule has 1 aromatic heterocycles. The van der Waals surface area contributed by atoms with Crippen LogP contribution < -0.4 is 5.11 Å². The van der Waals surface area contributed by atoms with E-state index in [4.69, 9.17) is 0 Å². The van der Waals surface area contributed by atoms with Crippen molar-refractivity contribution in [2.45, 2.75) is 45.6 Å². The van der Waals surface area contributed by atoms with E-state index >= 15 is 0 Å². The average molecular weight is 418 g/mol. The van der Waals surface area contributed by atoms with E-state index in [1.54, 1.807) is 4.68 Å². The van der Waals surface area contributed by atoms with Crippen LogP contribution in [0.5, 0.6) is 0 Å². The monoisotopic (exact) mass is 417 g/mol. The fourth-order valence-electron chi connectivity index (χ4n) is 4.00. The summed E-state index contributed by atoms with van der Waals surface area (Å²) in [6.45, 7) is 9.02. The Morgan fingerprint density at radius 2 is 1.68 bits per heavy atom. The van der Waals surface area contributed by atoms with Crippen molar-refractivity contribution < 1.29 is 9.90 Å². The molecule has 6 nitrogen and oxygen atoms in total. The predicted octanol–water partition coefficient (Wildman–Crippen LogP) is 3.19. The van der Waals surface area contributed by atoms with E-state index in [1.165, 1.54) is 11.1 Å². The quantitative estimate of drug-likeness (QED) is 0.637. The van der Waals surface area contributed by atoms with Crippen LogP contribution >= 0.6 is 0 Å². The summed E-state index contributed by atoms with van der Waals surface area (Å²) in [5.74, 6) is -1.22. The Morgan fingerprint density at radius 1 is 1.03 bits per heavy atom. The van der Waals surface area contributed by atoms with Gasteiger partial charge in [-0.15, -0.1) is 5.10 Å². The summed E-state index contributed by atoms with van der Waals surface area (Å²) in [5.41, 5.74) is 5.49. The first kappa shape index (κ1) is 21.2. The van der Waals surface area contributed by atoms with Crippen LogP contribution in [0.4, 0.5) is 0 Å². The van der Waals surface area contributed by atoms with Gasteiger partial charge in [0.1, 0.15) is 5.69 Å². The number of benzene rings is 2. The summed E-state index contributed by atoms with van der Waals surface area (Å²) in [4.78, 5) is 13.3. The van der Waals surface area contributed by atoms with Gasteiger partial charge in [0.05, 0.1) is 11.9 Å². The lowest BCUT2D eigenvalue weighted by molar-refractivity contribution is -0.312. The molecule has 1 saturated heterocycles. The molecule has 0 amide bonds. The van der Waals surface area contributed by atoms with Crippen LogP contribution in [0.25, 0.3) is 16.9 Å². The number of rotatable bonds is 5. The SMILES string of the molecule is CC(C)(C)c1ccc(-c2cn(-c3ccc(CN4CCC(C(=O)[O-])CC4)cc3)nn2)cc1. The van der Waals surface area contributed by atoms with Crippen LogP contribution in [0.2, 0.25) is 0 Å². The second-order valence-corrected chi connectivity index (χ2v) is 9.41. The molecule has 1 aliphatic rings. The Kier molecular flexibility index (Phi) is 5.92. The zero-order valence-electron chi connectivity index (χ0n) is 18.4. The van der Waals surface area contributed by atoms with Gasteiger partial charge in [0.2, 0.25) is 0 Å². The topological polar surface area (TPSA) is 74.1 Å². The van der Waals surface area contributed by atoms with Crippen molar-refractivity contribution in [2.75, 3.05) is 13.1 Å². The second-order valence-electron chi connectivity index (χ2n) is 9.41. The maximum Gasteiger partial charge on any atom is 0.113 e. The van der Waals surface area contributed by atoms with Crippen LogP contribution in [0, 0.1) is 5.92 Å². The fraction of sp³-hybridized carbons (Fsp3) is 0.400. The van der Waals surface area contributed by atoms with Crippen molar-refractivity contribution in [3.05, 3.63) is 65.9 Å². The van der Waals surface area contributed by atoms with Crippen molar-refractivity contribution in [1.29, 1.82) is 0 Å². The molecule has 1 fully saturated rings. The van der Waals surface area contributed by atoms with Gasteiger partial charge < -0.3 is 9.90 Å². The van der Waals surface area contributed by atoms with E-state index in [0.29, 0.717) is 12.8 Å². The highest BCUT2D eigenvalue weighted by Gasteiger charge is 2.20. The first-order valence-corrected chi connectivity index (χ1v) is 10.9. The van der Waals surface area contributed by atoms with Gasteiger partial charge >= 0.3 is 0 Å². The minimum Gasteiger partial charge on any atom is -0.550 e. The molecule has 0 atom stereocenters. The number of hydrogen-bond donors (Lipinski definition) is 0. The molecule has 31 heavy (non-hydrogen) atoms. The molecule has 0 spiro atoms. The van der Waals surface area contributed by atoms with Gasteiger partial charge in [-0.2, -0.15) is 0 Å². The lowest BCUT2D eigenvalue weighted by Gasteiger charge is -2.32. The lowest BCUT2D eigenvalue weighted by atomic mass is 9.86. The van der Waals surface area contributed by atoms with Gasteiger partial charge in [-0.1, -0.05) is 62.4 Å². The molecule has 0 unspecified atom stereocenters. The predicted molar refractivity (Wildman–Crippen MR) is 119 cm³/mol. The van der Waals surface area contributed by atoms with E-state index in [0.717, 1.165) is 36.6 Å². The summed E-state index contributed by atoms with van der Waals surface area (Å²) in [6, 6.07) is 16.8. The molecule has 4 rings (SSSR count). The van der Waals surface area contributed by atoms with Crippen LogP contribution in [0.3, 0.4) is 0 Å². The zero-order chi connectivity index (χ0) is 22.0. The van der Waals surface area contributed by atoms with Crippen molar-refractivity contribution in [2.24, 2.45) is 5.92 Å². The average Bonchev–Trinajstić information content (AvgIpc) is 3.24. The summed E-state index contributed by atoms with van der Waals surface area (Å²) < 4.78 is 1.79. The first-order chi connectivity index (χ1) is 14.8. The third-order valence-electron chi connectivity index (χ3n) is 6.07. The van der Waals surface area contributed by atoms with E-state index in [2.05, 4.69) is 72.4 Å². The molecular weight excluding hydrogens is 388 g/mol. The van der Waals surface area contributed by atoms with E-state index in [9.17, 15) is 9.90 Å². The standard InChI is InChI=1S/C25H30N4O2/c1-25(2,3)21-8-6-19(7-9-21)23-17-29(27-26-23)22-10-4-18(5-11-22)16-28-14-12-20(13-15-28)24(30)31/h4-11,17,20H,12-16H2,1-3H3,(H,30,31)/p-1. The number of aromatic nitrogens is 3. The van der Waals surface area contributed by atoms with Gasteiger partial charge in [0.15, 0.2) is 0 Å². The fourth-order valence-corrected chi connectivity index (χ4v) is 4.00. The third kappa shape index (κ3) is 5.02. The molecule has 1 aliphatic heterocycles. The van der Waals surface area contributed by atoms with Gasteiger partial charge in [-0.3, -0.25) is 4.90 Å². The van der Waals surface area contributed by atoms with E-state index in [-0.39, 0.29) is 11.3 Å². The first-order valence-electron chi connectivity index (χ1n) is 10.9. The highest BCUT2D eigenvalue weighted by atomic mass is 16.4. The highest BCUT2D eigenvalue weighted by Crippen LogP contribution is 2.25. The Bertz CT molecular complexity index is 1020. The Balaban J connectivity index is 1.40. The molecule has 0 aliphatic carbocycles. The van der Waals surface area contributed by atoms with Crippen LogP contribution in [0.1, 0.15) is 44.7 Å². The van der Waals surface area contributed by atoms with Crippen LogP contribution in [0.15, 0.2) is 54.7 Å². The van der Waals surface area contributed by atoms with Crippen molar-refractivity contribution in [3.63, 3.8) is 0 Å². The molecule has 0 N–H and O–H groups in total. The Morgan fingerprint density at radius 3 is 2.26 bits per heavy atom. The number of piperidine rings is 1. The molecule has 6 heteroatoms. The van der Waals surface area contributed by atoms with Gasteiger partial charge in [-0.25, -0.2) is 4.68 Å². The number of likely N-dealkylation sites (tertiary alicyclic amines) is 1. The summed E-state index contributed by atoms with van der Waals surface area (Å²) in [5, 5.41) is 19.6. The minimum atomic E-state index is -0.915. The summed E-state index contributed by atoms with van der Waals surface area (Å²) in [7, 11) is 0.